The Kier molecular flexibility index (Phi) is 7.18. The highest BCUT2D eigenvalue weighted by atomic mass is 32.2. The highest BCUT2D eigenvalue weighted by Crippen LogP contribution is 2.26. The minimum Gasteiger partial charge on any atom is -0.492 e. The first-order valence-electron chi connectivity index (χ1n) is 12.1. The third-order valence-corrected chi connectivity index (χ3v) is 8.33. The lowest BCUT2D eigenvalue weighted by molar-refractivity contribution is 0.159. The van der Waals surface area contributed by atoms with Crippen LogP contribution in [-0.2, 0) is 10.0 Å². The van der Waals surface area contributed by atoms with Gasteiger partial charge in [-0.05, 0) is 43.3 Å². The van der Waals surface area contributed by atoms with Crippen molar-refractivity contribution in [1.29, 1.82) is 0 Å². The molecule has 0 aliphatic carbocycles. The zero-order valence-electron chi connectivity index (χ0n) is 20.3. The number of rotatable bonds is 8. The molecule has 1 aromatic heterocycles. The summed E-state index contributed by atoms with van der Waals surface area (Å²) in [5, 5.41) is 4.55. The molecule has 1 aliphatic rings. The van der Waals surface area contributed by atoms with Crippen LogP contribution in [0.25, 0.3) is 10.9 Å². The van der Waals surface area contributed by atoms with E-state index in [1.54, 1.807) is 28.6 Å². The van der Waals surface area contributed by atoms with Crippen molar-refractivity contribution in [2.75, 3.05) is 44.6 Å². The number of hydrogen-bond donors (Lipinski definition) is 1. The first-order chi connectivity index (χ1) is 17.5. The van der Waals surface area contributed by atoms with Gasteiger partial charge in [0.15, 0.2) is 0 Å². The summed E-state index contributed by atoms with van der Waals surface area (Å²) < 4.78 is 33.2. The normalized spacial score (nSPS) is 15.1. The molecule has 2 heterocycles. The Balaban J connectivity index is 1.13. The van der Waals surface area contributed by atoms with Crippen molar-refractivity contribution in [1.82, 2.24) is 14.2 Å². The average Bonchev–Trinajstić information content (AvgIpc) is 2.90. The molecular formula is C28H30N4O3S. The predicted molar refractivity (Wildman–Crippen MR) is 143 cm³/mol. The number of para-hydroxylation sites is 1. The van der Waals surface area contributed by atoms with E-state index >= 15 is 0 Å². The summed E-state index contributed by atoms with van der Waals surface area (Å²) in [4.78, 5) is 7.28. The van der Waals surface area contributed by atoms with E-state index in [0.717, 1.165) is 40.3 Å². The minimum absolute atomic E-state index is 0.352. The second kappa shape index (κ2) is 10.7. The van der Waals surface area contributed by atoms with Crippen LogP contribution in [0.5, 0.6) is 5.75 Å². The van der Waals surface area contributed by atoms with Crippen molar-refractivity contribution in [2.24, 2.45) is 0 Å². The van der Waals surface area contributed by atoms with Gasteiger partial charge in [-0.15, -0.1) is 0 Å². The molecule has 1 aliphatic heterocycles. The van der Waals surface area contributed by atoms with Crippen molar-refractivity contribution >= 4 is 32.3 Å². The fraction of sp³-hybridized carbons (Fsp3) is 0.250. The number of ether oxygens (including phenoxy) is 1. The summed E-state index contributed by atoms with van der Waals surface area (Å²) in [5.74, 6) is 0.789. The van der Waals surface area contributed by atoms with Crippen LogP contribution in [0.2, 0.25) is 0 Å². The van der Waals surface area contributed by atoms with Crippen molar-refractivity contribution < 1.29 is 13.2 Å². The van der Waals surface area contributed by atoms with Crippen molar-refractivity contribution in [3.8, 4) is 5.75 Å². The van der Waals surface area contributed by atoms with E-state index in [2.05, 4.69) is 22.3 Å². The number of anilines is 2. The van der Waals surface area contributed by atoms with E-state index in [4.69, 9.17) is 9.72 Å². The van der Waals surface area contributed by atoms with Crippen LogP contribution < -0.4 is 10.1 Å². The molecule has 1 saturated heterocycles. The van der Waals surface area contributed by atoms with E-state index in [0.29, 0.717) is 37.7 Å². The monoisotopic (exact) mass is 502 g/mol. The van der Waals surface area contributed by atoms with Crippen LogP contribution in [-0.4, -0.2) is 61.9 Å². The summed E-state index contributed by atoms with van der Waals surface area (Å²) >= 11 is 0. The third kappa shape index (κ3) is 5.51. The topological polar surface area (TPSA) is 74.8 Å². The Hall–Kier alpha value is -3.46. The summed E-state index contributed by atoms with van der Waals surface area (Å²) in [6, 6.07) is 26.7. The molecule has 0 saturated carbocycles. The quantitative estimate of drug-likeness (QED) is 0.377. The molecule has 186 valence electrons. The average molecular weight is 503 g/mol. The molecule has 1 N–H and O–H groups in total. The molecule has 0 spiro atoms. The molecule has 7 nitrogen and oxygen atoms in total. The number of sulfonamides is 1. The van der Waals surface area contributed by atoms with Gasteiger partial charge < -0.3 is 10.1 Å². The van der Waals surface area contributed by atoms with Gasteiger partial charge in [0.1, 0.15) is 12.4 Å². The van der Waals surface area contributed by atoms with E-state index < -0.39 is 10.0 Å². The summed E-state index contributed by atoms with van der Waals surface area (Å²) in [6.45, 7) is 5.61. The molecule has 0 amide bonds. The largest absolute Gasteiger partial charge is 0.492 e. The number of aromatic nitrogens is 1. The molecular weight excluding hydrogens is 472 g/mol. The second-order valence-corrected chi connectivity index (χ2v) is 10.8. The molecule has 3 aromatic carbocycles. The highest BCUT2D eigenvalue weighted by Gasteiger charge is 2.28. The molecule has 8 heteroatoms. The van der Waals surface area contributed by atoms with Crippen LogP contribution in [0.15, 0.2) is 89.8 Å². The van der Waals surface area contributed by atoms with Gasteiger partial charge in [0.2, 0.25) is 10.0 Å². The fourth-order valence-electron chi connectivity index (χ4n) is 4.39. The number of nitrogens with one attached hydrogen (secondary N) is 1. The molecule has 0 unspecified atom stereocenters. The molecule has 0 radical (unpaired) electrons. The van der Waals surface area contributed by atoms with Gasteiger partial charge in [0.05, 0.1) is 21.8 Å². The van der Waals surface area contributed by atoms with Crippen molar-refractivity contribution in [3.63, 3.8) is 0 Å². The van der Waals surface area contributed by atoms with Crippen LogP contribution in [0.4, 0.5) is 11.4 Å². The Morgan fingerprint density at radius 1 is 0.889 bits per heavy atom. The van der Waals surface area contributed by atoms with Crippen LogP contribution in [0.1, 0.15) is 5.69 Å². The molecule has 1 fully saturated rings. The van der Waals surface area contributed by atoms with Crippen molar-refractivity contribution in [3.05, 3.63) is 90.6 Å². The van der Waals surface area contributed by atoms with Gasteiger partial charge in [-0.25, -0.2) is 8.42 Å². The third-order valence-electron chi connectivity index (χ3n) is 6.42. The lowest BCUT2D eigenvalue weighted by atomic mass is 10.1. The zero-order valence-corrected chi connectivity index (χ0v) is 21.1. The van der Waals surface area contributed by atoms with E-state index in [9.17, 15) is 8.42 Å². The lowest BCUT2D eigenvalue weighted by Crippen LogP contribution is -2.49. The standard InChI is InChI=1S/C28H30N4O3S/c1-22-28(20-23-8-5-6-13-27(23)29-22)30-24-9-7-10-25(21-24)35-19-18-31-14-16-32(17-15-31)36(33,34)26-11-3-2-4-12-26/h2-13,20-21,30H,14-19H2,1H3. The first-order valence-corrected chi connectivity index (χ1v) is 13.6. The highest BCUT2D eigenvalue weighted by molar-refractivity contribution is 7.89. The van der Waals surface area contributed by atoms with Crippen LogP contribution in [0, 0.1) is 6.92 Å². The zero-order chi connectivity index (χ0) is 25.0. The predicted octanol–water partition coefficient (Wildman–Crippen LogP) is 4.67. The maximum Gasteiger partial charge on any atom is 0.243 e. The van der Waals surface area contributed by atoms with Crippen LogP contribution >= 0.6 is 0 Å². The van der Waals surface area contributed by atoms with E-state index in [-0.39, 0.29) is 0 Å². The summed E-state index contributed by atoms with van der Waals surface area (Å²) in [6.07, 6.45) is 0. The van der Waals surface area contributed by atoms with Gasteiger partial charge in [0, 0.05) is 49.9 Å². The maximum atomic E-state index is 12.8. The number of aryl methyl sites for hydroxylation is 1. The Bertz CT molecular complexity index is 1440. The number of pyridine rings is 1. The molecule has 0 atom stereocenters. The first kappa shape index (κ1) is 24.2. The smallest absolute Gasteiger partial charge is 0.243 e. The van der Waals surface area contributed by atoms with Crippen molar-refractivity contribution in [2.45, 2.75) is 11.8 Å². The Morgan fingerprint density at radius 2 is 1.64 bits per heavy atom. The van der Waals surface area contributed by atoms with E-state index in [1.807, 2.05) is 55.5 Å². The SMILES string of the molecule is Cc1nc2ccccc2cc1Nc1cccc(OCCN2CCN(S(=O)(=O)c3ccccc3)CC2)c1. The lowest BCUT2D eigenvalue weighted by Gasteiger charge is -2.33. The van der Waals surface area contributed by atoms with Gasteiger partial charge in [-0.1, -0.05) is 42.5 Å². The number of fused-ring (bicyclic) bond motifs is 1. The molecule has 36 heavy (non-hydrogen) atoms. The molecule has 5 rings (SSSR count). The minimum atomic E-state index is -3.43. The van der Waals surface area contributed by atoms with E-state index in [1.165, 1.54) is 0 Å². The second-order valence-electron chi connectivity index (χ2n) is 8.87. The number of hydrogen-bond acceptors (Lipinski definition) is 6. The molecule has 0 bridgehead atoms. The van der Waals surface area contributed by atoms with Gasteiger partial charge in [-0.2, -0.15) is 4.31 Å². The van der Waals surface area contributed by atoms with Gasteiger partial charge in [0.25, 0.3) is 0 Å². The Morgan fingerprint density at radius 3 is 2.44 bits per heavy atom. The van der Waals surface area contributed by atoms with Crippen LogP contribution in [0.3, 0.4) is 0 Å². The van der Waals surface area contributed by atoms with Gasteiger partial charge in [-0.3, -0.25) is 9.88 Å². The Labute approximate surface area is 212 Å². The number of piperazine rings is 1. The van der Waals surface area contributed by atoms with Gasteiger partial charge >= 0.3 is 0 Å². The summed E-state index contributed by atoms with van der Waals surface area (Å²) in [5.41, 5.74) is 3.83. The summed E-state index contributed by atoms with van der Waals surface area (Å²) in [7, 11) is -3.43. The fourth-order valence-corrected chi connectivity index (χ4v) is 5.83. The molecule has 4 aromatic rings. The maximum absolute atomic E-state index is 12.8. The number of nitrogens with zero attached hydrogens (tertiary/aromatic N) is 3. The number of benzene rings is 3.